The zero-order chi connectivity index (χ0) is 23.6. The first-order valence-electron chi connectivity index (χ1n) is 11.0. The van der Waals surface area contributed by atoms with Crippen LogP contribution in [0.1, 0.15) is 29.9 Å². The highest BCUT2D eigenvalue weighted by molar-refractivity contribution is 7.89. The lowest BCUT2D eigenvalue weighted by Crippen LogP contribution is -2.45. The van der Waals surface area contributed by atoms with Crippen LogP contribution in [-0.2, 0) is 21.4 Å². The summed E-state index contributed by atoms with van der Waals surface area (Å²) in [5.74, 6) is 0.266. The molecule has 0 radical (unpaired) electrons. The van der Waals surface area contributed by atoms with Crippen molar-refractivity contribution in [2.45, 2.75) is 38.1 Å². The summed E-state index contributed by atoms with van der Waals surface area (Å²) in [4.78, 5) is 19.3. The van der Waals surface area contributed by atoms with E-state index in [0.717, 1.165) is 16.7 Å². The van der Waals surface area contributed by atoms with Crippen molar-refractivity contribution >= 4 is 15.9 Å². The zero-order valence-corrected chi connectivity index (χ0v) is 19.9. The van der Waals surface area contributed by atoms with Gasteiger partial charge in [-0.15, -0.1) is 0 Å². The van der Waals surface area contributed by atoms with Gasteiger partial charge in [-0.05, 0) is 44.9 Å². The molecule has 9 heteroatoms. The molecular weight excluding hydrogens is 440 g/mol. The van der Waals surface area contributed by atoms with Crippen LogP contribution in [0.25, 0.3) is 11.4 Å². The number of rotatable bonds is 6. The molecule has 1 amide bonds. The second kappa shape index (κ2) is 9.44. The normalized spacial score (nSPS) is 17.1. The molecule has 2 aromatic carbocycles. The van der Waals surface area contributed by atoms with Crippen molar-refractivity contribution in [1.82, 2.24) is 19.3 Å². The molecule has 8 nitrogen and oxygen atoms in total. The van der Waals surface area contributed by atoms with E-state index < -0.39 is 15.9 Å². The predicted octanol–water partition coefficient (Wildman–Crippen LogP) is 3.41. The number of nitrogens with zero attached hydrogens (tertiary/aromatic N) is 4. The van der Waals surface area contributed by atoms with Crippen molar-refractivity contribution in [3.63, 3.8) is 0 Å². The molecule has 0 unspecified atom stereocenters. The predicted molar refractivity (Wildman–Crippen MR) is 124 cm³/mol. The van der Waals surface area contributed by atoms with Crippen molar-refractivity contribution in [2.24, 2.45) is 5.92 Å². The van der Waals surface area contributed by atoms with Gasteiger partial charge in [0.1, 0.15) is 0 Å². The minimum absolute atomic E-state index is 0.130. The second-order valence-corrected chi connectivity index (χ2v) is 10.5. The maximum Gasteiger partial charge on any atom is 0.246 e. The number of aryl methyl sites for hydroxylation is 2. The van der Waals surface area contributed by atoms with Crippen molar-refractivity contribution in [2.75, 3.05) is 20.1 Å². The minimum atomic E-state index is -3.64. The van der Waals surface area contributed by atoms with Crippen molar-refractivity contribution < 1.29 is 17.7 Å². The Hall–Kier alpha value is -3.04. The summed E-state index contributed by atoms with van der Waals surface area (Å²) >= 11 is 0. The molecule has 1 fully saturated rings. The molecule has 1 saturated heterocycles. The van der Waals surface area contributed by atoms with E-state index in [1.54, 1.807) is 31.3 Å². The number of benzene rings is 2. The number of carbonyl (C=O) groups excluding carboxylic acids is 1. The summed E-state index contributed by atoms with van der Waals surface area (Å²) in [6.07, 6.45) is 1.27. The van der Waals surface area contributed by atoms with Gasteiger partial charge < -0.3 is 9.42 Å². The maximum absolute atomic E-state index is 13.1. The highest BCUT2D eigenvalue weighted by atomic mass is 32.2. The van der Waals surface area contributed by atoms with Crippen molar-refractivity contribution in [1.29, 1.82) is 0 Å². The average Bonchev–Trinajstić information content (AvgIpc) is 3.27. The molecule has 1 atom stereocenters. The van der Waals surface area contributed by atoms with Crippen LogP contribution >= 0.6 is 0 Å². The van der Waals surface area contributed by atoms with Crippen LogP contribution in [0.2, 0.25) is 0 Å². The van der Waals surface area contributed by atoms with Crippen molar-refractivity contribution in [3.05, 3.63) is 65.5 Å². The number of amides is 1. The summed E-state index contributed by atoms with van der Waals surface area (Å²) in [5.41, 5.74) is 2.94. The summed E-state index contributed by atoms with van der Waals surface area (Å²) in [5, 5.41) is 4.02. The Labute approximate surface area is 194 Å². The summed E-state index contributed by atoms with van der Waals surface area (Å²) in [7, 11) is -1.97. The Morgan fingerprint density at radius 1 is 1.15 bits per heavy atom. The highest BCUT2D eigenvalue weighted by Gasteiger charge is 2.34. The molecule has 4 rings (SSSR count). The van der Waals surface area contributed by atoms with Gasteiger partial charge in [0.05, 0.1) is 17.4 Å². The molecule has 0 N–H and O–H groups in total. The van der Waals surface area contributed by atoms with Crippen LogP contribution in [0.5, 0.6) is 0 Å². The van der Waals surface area contributed by atoms with Gasteiger partial charge in [-0.25, -0.2) is 8.42 Å². The van der Waals surface area contributed by atoms with E-state index in [-0.39, 0.29) is 23.9 Å². The number of hydrogen-bond donors (Lipinski definition) is 0. The van der Waals surface area contributed by atoms with Crippen LogP contribution in [-0.4, -0.2) is 53.8 Å². The fraction of sp³-hybridized carbons (Fsp3) is 0.375. The van der Waals surface area contributed by atoms with Gasteiger partial charge in [0.25, 0.3) is 0 Å². The molecule has 0 saturated carbocycles. The third kappa shape index (κ3) is 5.15. The third-order valence-electron chi connectivity index (χ3n) is 5.89. The Balaban J connectivity index is 1.42. The number of aromatic nitrogens is 2. The molecule has 3 aromatic rings. The topological polar surface area (TPSA) is 96.6 Å². The van der Waals surface area contributed by atoms with Gasteiger partial charge in [-0.3, -0.25) is 4.79 Å². The molecule has 0 bridgehead atoms. The van der Waals surface area contributed by atoms with Gasteiger partial charge >= 0.3 is 0 Å². The Morgan fingerprint density at radius 3 is 2.64 bits per heavy atom. The first-order valence-corrected chi connectivity index (χ1v) is 12.4. The Morgan fingerprint density at radius 2 is 1.91 bits per heavy atom. The standard InChI is InChI=1S/C24H28N4O4S/c1-17-9-11-21(12-10-17)33(30,31)28-13-5-8-20(15-28)24(29)27(3)16-22-25-23(26-32-22)19-7-4-6-18(2)14-19/h4,6-7,9-12,14,20H,5,8,13,15-16H2,1-3H3/t20-/m1/s1. The minimum Gasteiger partial charge on any atom is -0.337 e. The van der Waals surface area contributed by atoms with E-state index in [9.17, 15) is 13.2 Å². The van der Waals surface area contributed by atoms with Crippen LogP contribution in [0.4, 0.5) is 0 Å². The Bertz CT molecular complexity index is 1240. The van der Waals surface area contributed by atoms with Crippen LogP contribution in [0, 0.1) is 19.8 Å². The zero-order valence-electron chi connectivity index (χ0n) is 19.1. The maximum atomic E-state index is 13.1. The average molecular weight is 469 g/mol. The lowest BCUT2D eigenvalue weighted by Gasteiger charge is -2.33. The van der Waals surface area contributed by atoms with Gasteiger partial charge in [0.2, 0.25) is 27.6 Å². The number of carbonyl (C=O) groups is 1. The number of hydrogen-bond acceptors (Lipinski definition) is 6. The van der Waals surface area contributed by atoms with Crippen LogP contribution in [0.3, 0.4) is 0 Å². The van der Waals surface area contributed by atoms with E-state index in [0.29, 0.717) is 31.1 Å². The molecule has 1 aromatic heterocycles. The lowest BCUT2D eigenvalue weighted by molar-refractivity contribution is -0.136. The quantitative estimate of drug-likeness (QED) is 0.550. The monoisotopic (exact) mass is 468 g/mol. The molecule has 174 valence electrons. The molecule has 1 aliphatic heterocycles. The second-order valence-electron chi connectivity index (χ2n) is 8.59. The van der Waals surface area contributed by atoms with E-state index >= 15 is 0 Å². The Kier molecular flexibility index (Phi) is 6.62. The van der Waals surface area contributed by atoms with Gasteiger partial charge in [-0.1, -0.05) is 46.6 Å². The van der Waals surface area contributed by atoms with Gasteiger partial charge in [0, 0.05) is 25.7 Å². The fourth-order valence-electron chi connectivity index (χ4n) is 4.03. The molecule has 2 heterocycles. The third-order valence-corrected chi connectivity index (χ3v) is 7.76. The lowest BCUT2D eigenvalue weighted by atomic mass is 9.98. The first kappa shape index (κ1) is 23.1. The van der Waals surface area contributed by atoms with Crippen molar-refractivity contribution in [3.8, 4) is 11.4 Å². The smallest absolute Gasteiger partial charge is 0.246 e. The first-order chi connectivity index (χ1) is 15.7. The SMILES string of the molecule is Cc1ccc(S(=O)(=O)N2CCC[C@@H](C(=O)N(C)Cc3nc(-c4cccc(C)c4)no3)C2)cc1. The number of sulfonamides is 1. The molecular formula is C24H28N4O4S. The largest absolute Gasteiger partial charge is 0.337 e. The van der Waals surface area contributed by atoms with Gasteiger partial charge in [0.15, 0.2) is 0 Å². The van der Waals surface area contributed by atoms with E-state index in [1.165, 1.54) is 9.21 Å². The van der Waals surface area contributed by atoms with E-state index in [1.807, 2.05) is 38.1 Å². The molecule has 1 aliphatic rings. The highest BCUT2D eigenvalue weighted by Crippen LogP contribution is 2.25. The van der Waals surface area contributed by atoms with E-state index in [4.69, 9.17) is 4.52 Å². The summed E-state index contributed by atoms with van der Waals surface area (Å²) in [6.45, 7) is 4.64. The number of piperidine rings is 1. The molecule has 33 heavy (non-hydrogen) atoms. The van der Waals surface area contributed by atoms with E-state index in [2.05, 4.69) is 10.1 Å². The summed E-state index contributed by atoms with van der Waals surface area (Å²) in [6, 6.07) is 14.6. The molecule has 0 aliphatic carbocycles. The van der Waals surface area contributed by atoms with Crippen LogP contribution < -0.4 is 0 Å². The summed E-state index contributed by atoms with van der Waals surface area (Å²) < 4.78 is 32.9. The molecule has 0 spiro atoms. The van der Waals surface area contributed by atoms with Crippen LogP contribution in [0.15, 0.2) is 57.9 Å². The van der Waals surface area contributed by atoms with Gasteiger partial charge in [-0.2, -0.15) is 9.29 Å². The fourth-order valence-corrected chi connectivity index (χ4v) is 5.56.